The first-order valence-electron chi connectivity index (χ1n) is 8.25. The summed E-state index contributed by atoms with van der Waals surface area (Å²) in [5, 5.41) is 16.5. The van der Waals surface area contributed by atoms with Gasteiger partial charge < -0.3 is 14.9 Å². The van der Waals surface area contributed by atoms with Crippen LogP contribution in [-0.4, -0.2) is 22.1 Å². The number of aromatic nitrogens is 1. The maximum Gasteiger partial charge on any atom is 0.346 e. The molecule has 1 amide bonds. The highest BCUT2D eigenvalue weighted by molar-refractivity contribution is 7.15. The number of anilines is 1. The van der Waals surface area contributed by atoms with E-state index in [1.165, 1.54) is 18.2 Å². The lowest BCUT2D eigenvalue weighted by molar-refractivity contribution is -0.116. The summed E-state index contributed by atoms with van der Waals surface area (Å²) in [5.74, 6) is -1.60. The zero-order valence-electron chi connectivity index (χ0n) is 14.5. The molecule has 0 bridgehead atoms. The zero-order valence-corrected chi connectivity index (χ0v) is 15.3. The van der Waals surface area contributed by atoms with E-state index in [9.17, 15) is 19.1 Å². The van der Waals surface area contributed by atoms with Crippen LogP contribution in [0.4, 0.5) is 10.1 Å². The molecule has 1 atom stereocenters. The number of nitrogens with one attached hydrogen (secondary N) is 1. The van der Waals surface area contributed by atoms with E-state index in [2.05, 4.69) is 10.5 Å². The fraction of sp³-hybridized carbons (Fsp3) is 0.211. The largest absolute Gasteiger partial charge is 0.477 e. The van der Waals surface area contributed by atoms with Crippen LogP contribution in [0.1, 0.15) is 43.9 Å². The molecule has 1 aliphatic rings. The van der Waals surface area contributed by atoms with Gasteiger partial charge in [-0.3, -0.25) is 4.79 Å². The molecule has 0 aliphatic carbocycles. The number of hydrogen-bond donors (Lipinski definition) is 2. The lowest BCUT2D eigenvalue weighted by Crippen LogP contribution is -2.23. The summed E-state index contributed by atoms with van der Waals surface area (Å²) in [5.41, 5.74) is 2.60. The van der Waals surface area contributed by atoms with Crippen molar-refractivity contribution in [3.05, 3.63) is 56.9 Å². The predicted molar refractivity (Wildman–Crippen MR) is 97.7 cm³/mol. The third-order valence-corrected chi connectivity index (χ3v) is 5.94. The van der Waals surface area contributed by atoms with Crippen molar-refractivity contribution in [2.45, 2.75) is 26.2 Å². The highest BCUT2D eigenvalue weighted by Crippen LogP contribution is 2.50. The van der Waals surface area contributed by atoms with E-state index < -0.39 is 11.8 Å². The molecule has 2 N–H and O–H groups in total. The summed E-state index contributed by atoms with van der Waals surface area (Å²) in [4.78, 5) is 25.1. The highest BCUT2D eigenvalue weighted by Gasteiger charge is 2.36. The third kappa shape index (κ3) is 2.82. The Morgan fingerprint density at radius 3 is 2.81 bits per heavy atom. The molecule has 0 spiro atoms. The molecule has 1 aromatic carbocycles. The molecule has 0 unspecified atom stereocenters. The van der Waals surface area contributed by atoms with Crippen molar-refractivity contribution in [3.8, 4) is 11.1 Å². The van der Waals surface area contributed by atoms with Gasteiger partial charge in [0.15, 0.2) is 0 Å². The van der Waals surface area contributed by atoms with Crippen molar-refractivity contribution in [1.82, 2.24) is 5.16 Å². The van der Waals surface area contributed by atoms with Crippen LogP contribution in [0.2, 0.25) is 0 Å². The summed E-state index contributed by atoms with van der Waals surface area (Å²) >= 11 is 1.09. The van der Waals surface area contributed by atoms with E-state index in [-0.39, 0.29) is 23.1 Å². The number of carbonyl (C=O) groups excluding carboxylic acids is 1. The summed E-state index contributed by atoms with van der Waals surface area (Å²) in [6.45, 7) is 3.55. The van der Waals surface area contributed by atoms with Crippen LogP contribution < -0.4 is 5.32 Å². The minimum Gasteiger partial charge on any atom is -0.477 e. The van der Waals surface area contributed by atoms with Gasteiger partial charge in [-0.1, -0.05) is 17.3 Å². The summed E-state index contributed by atoms with van der Waals surface area (Å²) in [7, 11) is 0. The van der Waals surface area contributed by atoms with Crippen molar-refractivity contribution >= 4 is 28.9 Å². The molecule has 3 aromatic rings. The molecule has 2 aromatic heterocycles. The maximum absolute atomic E-state index is 13.8. The second-order valence-electron chi connectivity index (χ2n) is 6.40. The van der Waals surface area contributed by atoms with Crippen molar-refractivity contribution in [2.75, 3.05) is 5.32 Å². The molecule has 1 aliphatic heterocycles. The van der Waals surface area contributed by atoms with E-state index in [4.69, 9.17) is 4.52 Å². The molecule has 27 heavy (non-hydrogen) atoms. The van der Waals surface area contributed by atoms with Crippen molar-refractivity contribution in [2.24, 2.45) is 0 Å². The number of fused-ring (bicyclic) bond motifs is 1. The predicted octanol–water partition coefficient (Wildman–Crippen LogP) is 4.33. The SMILES string of the molecule is Cc1noc(C)c1[C@@H]1CC(=O)Nc2c1sc(C(=O)O)c2-c1cccc(F)c1. The van der Waals surface area contributed by atoms with Crippen LogP contribution in [0.5, 0.6) is 0 Å². The minimum absolute atomic E-state index is 0.0598. The molecule has 8 heteroatoms. The lowest BCUT2D eigenvalue weighted by Gasteiger charge is -2.23. The number of aryl methyl sites for hydroxylation is 2. The topological polar surface area (TPSA) is 92.4 Å². The van der Waals surface area contributed by atoms with Gasteiger partial charge in [0, 0.05) is 28.3 Å². The quantitative estimate of drug-likeness (QED) is 0.699. The Balaban J connectivity index is 1.99. The smallest absolute Gasteiger partial charge is 0.346 e. The number of amides is 1. The maximum atomic E-state index is 13.8. The van der Waals surface area contributed by atoms with E-state index in [0.29, 0.717) is 33.1 Å². The first kappa shape index (κ1) is 17.4. The van der Waals surface area contributed by atoms with Gasteiger partial charge in [0.05, 0.1) is 11.4 Å². The number of halogens is 1. The number of rotatable bonds is 3. The Morgan fingerprint density at radius 2 is 2.19 bits per heavy atom. The second kappa shape index (κ2) is 6.31. The van der Waals surface area contributed by atoms with Crippen LogP contribution in [0.25, 0.3) is 11.1 Å². The molecule has 138 valence electrons. The number of benzene rings is 1. The highest BCUT2D eigenvalue weighted by atomic mass is 32.1. The molecule has 0 saturated carbocycles. The van der Waals surface area contributed by atoms with Gasteiger partial charge in [-0.15, -0.1) is 11.3 Å². The van der Waals surface area contributed by atoms with Gasteiger partial charge in [-0.25, -0.2) is 9.18 Å². The van der Waals surface area contributed by atoms with Crippen molar-refractivity contribution in [1.29, 1.82) is 0 Å². The molecule has 0 radical (unpaired) electrons. The first-order valence-corrected chi connectivity index (χ1v) is 9.07. The van der Waals surface area contributed by atoms with Gasteiger partial charge in [-0.05, 0) is 31.5 Å². The van der Waals surface area contributed by atoms with E-state index in [1.54, 1.807) is 19.9 Å². The number of thiophene rings is 1. The van der Waals surface area contributed by atoms with Gasteiger partial charge in [-0.2, -0.15) is 0 Å². The standard InChI is InChI=1S/C19H15FN2O4S/c1-8-14(9(2)26-22-8)12-7-13(23)21-16-15(10-4-3-5-11(20)6-10)18(19(24)25)27-17(12)16/h3-6,12H,7H2,1-2H3,(H,21,23)(H,24,25)/t12-/m0/s1. The summed E-state index contributed by atoms with van der Waals surface area (Å²) in [6, 6.07) is 5.69. The average molecular weight is 386 g/mol. The first-order chi connectivity index (χ1) is 12.9. The fourth-order valence-corrected chi connectivity index (χ4v) is 4.81. The lowest BCUT2D eigenvalue weighted by atomic mass is 9.87. The molecule has 3 heterocycles. The summed E-state index contributed by atoms with van der Waals surface area (Å²) in [6.07, 6.45) is 0.165. The van der Waals surface area contributed by atoms with Crippen molar-refractivity contribution < 1.29 is 23.6 Å². The Bertz CT molecular complexity index is 1070. The van der Waals surface area contributed by atoms with Crippen LogP contribution in [0, 0.1) is 19.7 Å². The van der Waals surface area contributed by atoms with Crippen LogP contribution in [-0.2, 0) is 4.79 Å². The van der Waals surface area contributed by atoms with Gasteiger partial charge >= 0.3 is 5.97 Å². The number of hydrogen-bond acceptors (Lipinski definition) is 5. The molecule has 0 fully saturated rings. The Labute approximate surface area is 157 Å². The molecule has 4 rings (SSSR count). The minimum atomic E-state index is -1.12. The van der Waals surface area contributed by atoms with Crippen LogP contribution >= 0.6 is 11.3 Å². The number of carboxylic acids is 1. The van der Waals surface area contributed by atoms with Gasteiger partial charge in [0.1, 0.15) is 16.5 Å². The second-order valence-corrected chi connectivity index (χ2v) is 7.46. The Morgan fingerprint density at radius 1 is 1.41 bits per heavy atom. The number of nitrogens with zero attached hydrogens (tertiary/aromatic N) is 1. The Kier molecular flexibility index (Phi) is 4.07. The normalized spacial score (nSPS) is 16.1. The molecule has 6 nitrogen and oxygen atoms in total. The van der Waals surface area contributed by atoms with E-state index >= 15 is 0 Å². The molecule has 0 saturated heterocycles. The fourth-order valence-electron chi connectivity index (χ4n) is 3.58. The molecular formula is C19H15FN2O4S. The molecular weight excluding hydrogens is 371 g/mol. The van der Waals surface area contributed by atoms with Crippen molar-refractivity contribution in [3.63, 3.8) is 0 Å². The van der Waals surface area contributed by atoms with E-state index in [0.717, 1.165) is 16.9 Å². The summed E-state index contributed by atoms with van der Waals surface area (Å²) < 4.78 is 19.0. The average Bonchev–Trinajstić information content (AvgIpc) is 3.14. The zero-order chi connectivity index (χ0) is 19.3. The monoisotopic (exact) mass is 386 g/mol. The van der Waals surface area contributed by atoms with Gasteiger partial charge in [0.2, 0.25) is 5.91 Å². The number of carboxylic acid groups (broad SMARTS) is 1. The third-order valence-electron chi connectivity index (χ3n) is 4.65. The number of carbonyl (C=O) groups is 2. The Hall–Kier alpha value is -3.00. The number of aromatic carboxylic acids is 1. The van der Waals surface area contributed by atoms with E-state index in [1.807, 2.05) is 0 Å². The van der Waals surface area contributed by atoms with Crippen LogP contribution in [0.15, 0.2) is 28.8 Å². The van der Waals surface area contributed by atoms with Crippen LogP contribution in [0.3, 0.4) is 0 Å². The van der Waals surface area contributed by atoms with Gasteiger partial charge in [0.25, 0.3) is 0 Å².